The second-order valence-electron chi connectivity index (χ2n) is 5.45. The summed E-state index contributed by atoms with van der Waals surface area (Å²) in [6.45, 7) is 2.15. The lowest BCUT2D eigenvalue weighted by atomic mass is 9.95. The lowest BCUT2D eigenvalue weighted by Crippen LogP contribution is -2.21. The molecule has 1 aromatic carbocycles. The van der Waals surface area contributed by atoms with Gasteiger partial charge in [-0.1, -0.05) is 30.3 Å². The van der Waals surface area contributed by atoms with Gasteiger partial charge in [0.05, 0.1) is 11.8 Å². The molecular formula is C17H21NO6S. The third-order valence-corrected chi connectivity index (χ3v) is 4.65. The molecule has 0 aliphatic carbocycles. The topological polar surface area (TPSA) is 131 Å². The average Bonchev–Trinajstić information content (AvgIpc) is 3.37. The molecule has 0 saturated carbocycles. The van der Waals surface area contributed by atoms with Crippen molar-refractivity contribution in [2.75, 3.05) is 12.3 Å². The fourth-order valence-electron chi connectivity index (χ4n) is 1.79. The van der Waals surface area contributed by atoms with Crippen LogP contribution in [0, 0.1) is 5.92 Å². The van der Waals surface area contributed by atoms with Gasteiger partial charge in [0.2, 0.25) is 5.91 Å². The first kappa shape index (κ1) is 20.7. The SMILES string of the molecule is CC(SCC(CCC(=O)O)C(=O)c1ccccc1)C(=O)O.O=C1CN1. The third kappa shape index (κ3) is 8.90. The molecule has 2 atom stereocenters. The highest BCUT2D eigenvalue weighted by Crippen LogP contribution is 2.22. The first-order chi connectivity index (χ1) is 11.8. The van der Waals surface area contributed by atoms with Crippen LogP contribution in [0.5, 0.6) is 0 Å². The monoisotopic (exact) mass is 367 g/mol. The number of nitrogens with one attached hydrogen (secondary N) is 1. The van der Waals surface area contributed by atoms with Crippen molar-refractivity contribution in [1.29, 1.82) is 0 Å². The minimum absolute atomic E-state index is 0.106. The standard InChI is InChI=1S/C15H18O5S.C2H3NO/c1-10(15(19)20)21-9-12(7-8-13(16)17)14(18)11-5-3-2-4-6-11;4-2-1-3-2/h2-6,10,12H,7-9H2,1H3,(H,16,17)(H,19,20);1H2,(H,3,4). The van der Waals surface area contributed by atoms with E-state index in [0.717, 1.165) is 11.8 Å². The molecule has 1 fully saturated rings. The summed E-state index contributed by atoms with van der Waals surface area (Å²) >= 11 is 1.15. The van der Waals surface area contributed by atoms with Crippen LogP contribution >= 0.6 is 11.8 Å². The highest BCUT2D eigenvalue weighted by Gasteiger charge is 2.23. The highest BCUT2D eigenvalue weighted by molar-refractivity contribution is 8.00. The van der Waals surface area contributed by atoms with Gasteiger partial charge in [-0.3, -0.25) is 19.2 Å². The van der Waals surface area contributed by atoms with Crippen LogP contribution in [0.15, 0.2) is 30.3 Å². The van der Waals surface area contributed by atoms with Crippen molar-refractivity contribution in [1.82, 2.24) is 5.32 Å². The summed E-state index contributed by atoms with van der Waals surface area (Å²) in [5, 5.41) is 19.5. The molecule has 0 bridgehead atoms. The van der Waals surface area contributed by atoms with Crippen molar-refractivity contribution in [2.24, 2.45) is 5.92 Å². The van der Waals surface area contributed by atoms with Gasteiger partial charge in [-0.05, 0) is 13.3 Å². The summed E-state index contributed by atoms with van der Waals surface area (Å²) in [7, 11) is 0. The number of benzene rings is 1. The minimum Gasteiger partial charge on any atom is -0.481 e. The van der Waals surface area contributed by atoms with Crippen molar-refractivity contribution in [3.63, 3.8) is 0 Å². The zero-order chi connectivity index (χ0) is 18.8. The Morgan fingerprint density at radius 3 is 2.20 bits per heavy atom. The van der Waals surface area contributed by atoms with E-state index in [1.807, 2.05) is 0 Å². The van der Waals surface area contributed by atoms with Crippen LogP contribution in [0.4, 0.5) is 0 Å². The number of rotatable bonds is 9. The number of ketones is 1. The third-order valence-electron chi connectivity index (χ3n) is 3.35. The number of thioether (sulfide) groups is 1. The van der Waals surface area contributed by atoms with E-state index in [9.17, 15) is 19.2 Å². The van der Waals surface area contributed by atoms with Gasteiger partial charge in [-0.15, -0.1) is 11.8 Å². The molecule has 2 rings (SSSR count). The van der Waals surface area contributed by atoms with Crippen LogP contribution in [0.1, 0.15) is 30.1 Å². The quantitative estimate of drug-likeness (QED) is 0.447. The smallest absolute Gasteiger partial charge is 0.316 e. The molecular weight excluding hydrogens is 346 g/mol. The molecule has 8 heteroatoms. The van der Waals surface area contributed by atoms with Gasteiger partial charge < -0.3 is 15.5 Å². The Morgan fingerprint density at radius 1 is 1.20 bits per heavy atom. The van der Waals surface area contributed by atoms with Gasteiger partial charge in [-0.2, -0.15) is 0 Å². The predicted molar refractivity (Wildman–Crippen MR) is 93.7 cm³/mol. The van der Waals surface area contributed by atoms with E-state index >= 15 is 0 Å². The molecule has 1 amide bonds. The lowest BCUT2D eigenvalue weighted by Gasteiger charge is -2.16. The maximum atomic E-state index is 12.4. The van der Waals surface area contributed by atoms with E-state index in [0.29, 0.717) is 17.9 Å². The highest BCUT2D eigenvalue weighted by atomic mass is 32.2. The normalized spacial score (nSPS) is 14.4. The molecule has 0 spiro atoms. The lowest BCUT2D eigenvalue weighted by molar-refractivity contribution is -0.137. The molecule has 3 N–H and O–H groups in total. The molecule has 136 valence electrons. The minimum atomic E-state index is -0.961. The van der Waals surface area contributed by atoms with Crippen LogP contribution in [-0.4, -0.2) is 51.4 Å². The van der Waals surface area contributed by atoms with Gasteiger partial charge in [0.25, 0.3) is 0 Å². The van der Waals surface area contributed by atoms with Crippen LogP contribution in [0.2, 0.25) is 0 Å². The van der Waals surface area contributed by atoms with E-state index in [1.54, 1.807) is 37.3 Å². The fraction of sp³-hybridized carbons (Fsp3) is 0.412. The number of hydrogen-bond acceptors (Lipinski definition) is 5. The number of Topliss-reactive ketones (excluding diaryl/α,β-unsaturated/α-hetero) is 1. The summed E-state index contributed by atoms with van der Waals surface area (Å²) in [4.78, 5) is 43.3. The Hall–Kier alpha value is -2.35. The molecule has 0 aromatic heterocycles. The first-order valence-corrected chi connectivity index (χ1v) is 8.78. The number of carbonyl (C=O) groups is 4. The number of hydrogen-bond donors (Lipinski definition) is 3. The Kier molecular flexibility index (Phi) is 8.69. The van der Waals surface area contributed by atoms with Gasteiger partial charge in [0.1, 0.15) is 0 Å². The molecule has 7 nitrogen and oxygen atoms in total. The summed E-state index contributed by atoms with van der Waals surface area (Å²) in [6, 6.07) is 8.65. The van der Waals surface area contributed by atoms with Gasteiger partial charge in [0.15, 0.2) is 5.78 Å². The van der Waals surface area contributed by atoms with E-state index in [4.69, 9.17) is 10.2 Å². The molecule has 25 heavy (non-hydrogen) atoms. The Labute approximate surface area is 149 Å². The molecule has 1 aliphatic heterocycles. The summed E-state index contributed by atoms with van der Waals surface area (Å²) in [5.41, 5.74) is 0.525. The zero-order valence-electron chi connectivity index (χ0n) is 13.8. The fourth-order valence-corrected chi connectivity index (χ4v) is 2.78. The Bertz CT molecular complexity index is 613. The van der Waals surface area contributed by atoms with Gasteiger partial charge in [0, 0.05) is 23.7 Å². The molecule has 2 unspecified atom stereocenters. The van der Waals surface area contributed by atoms with Gasteiger partial charge >= 0.3 is 11.9 Å². The number of carbonyl (C=O) groups excluding carboxylic acids is 2. The second-order valence-corrected chi connectivity index (χ2v) is 6.82. The molecule has 1 aromatic rings. The second kappa shape index (κ2) is 10.5. The molecule has 1 saturated heterocycles. The molecule has 1 aliphatic rings. The molecule has 1 heterocycles. The number of aliphatic carboxylic acids is 2. The van der Waals surface area contributed by atoms with Crippen molar-refractivity contribution in [3.8, 4) is 0 Å². The predicted octanol–water partition coefficient (Wildman–Crippen LogP) is 1.67. The van der Waals surface area contributed by atoms with Crippen LogP contribution in [0.3, 0.4) is 0 Å². The maximum Gasteiger partial charge on any atom is 0.316 e. The average molecular weight is 367 g/mol. The van der Waals surface area contributed by atoms with E-state index < -0.39 is 23.1 Å². The van der Waals surface area contributed by atoms with Crippen molar-refractivity contribution in [3.05, 3.63) is 35.9 Å². The van der Waals surface area contributed by atoms with Crippen LogP contribution in [-0.2, 0) is 14.4 Å². The van der Waals surface area contributed by atoms with Crippen molar-refractivity contribution >= 4 is 35.4 Å². The first-order valence-electron chi connectivity index (χ1n) is 7.73. The van der Waals surface area contributed by atoms with Crippen LogP contribution < -0.4 is 5.32 Å². The summed E-state index contributed by atoms with van der Waals surface area (Å²) in [6.07, 6.45) is 0.105. The Morgan fingerprint density at radius 2 is 1.76 bits per heavy atom. The van der Waals surface area contributed by atoms with E-state index in [-0.39, 0.29) is 24.5 Å². The maximum absolute atomic E-state index is 12.4. The largest absolute Gasteiger partial charge is 0.481 e. The number of amides is 1. The summed E-state index contributed by atoms with van der Waals surface area (Å²) < 4.78 is 0. The van der Waals surface area contributed by atoms with Crippen LogP contribution in [0.25, 0.3) is 0 Å². The van der Waals surface area contributed by atoms with E-state index in [2.05, 4.69) is 5.32 Å². The zero-order valence-corrected chi connectivity index (χ0v) is 14.6. The van der Waals surface area contributed by atoms with Gasteiger partial charge in [-0.25, -0.2) is 0 Å². The van der Waals surface area contributed by atoms with Crippen molar-refractivity contribution in [2.45, 2.75) is 25.0 Å². The Balaban J connectivity index is 0.000000680. The number of carboxylic acids is 2. The van der Waals surface area contributed by atoms with E-state index in [1.165, 1.54) is 0 Å². The molecule has 0 radical (unpaired) electrons. The van der Waals surface area contributed by atoms with Crippen molar-refractivity contribution < 1.29 is 29.4 Å². The number of carboxylic acid groups (broad SMARTS) is 2. The summed E-state index contributed by atoms with van der Waals surface area (Å²) in [5.74, 6) is -2.06.